The number of methoxy groups -OCH3 is 1. The molecule has 0 bridgehead atoms. The average molecular weight is 326 g/mol. The zero-order chi connectivity index (χ0) is 16.1. The highest BCUT2D eigenvalue weighted by Gasteiger charge is 2.48. The van der Waals surface area contributed by atoms with Crippen LogP contribution < -0.4 is 4.74 Å². The molecule has 0 heterocycles. The quantitative estimate of drug-likeness (QED) is 0.570. The molecule has 0 aromatic heterocycles. The van der Waals surface area contributed by atoms with Gasteiger partial charge in [0.25, 0.3) is 0 Å². The van der Waals surface area contributed by atoms with Gasteiger partial charge in [0.2, 0.25) is 0 Å². The van der Waals surface area contributed by atoms with Gasteiger partial charge in [-0.1, -0.05) is 12.1 Å². The molecule has 21 heavy (non-hydrogen) atoms. The van der Waals surface area contributed by atoms with E-state index in [4.69, 9.17) is 4.74 Å². The summed E-state index contributed by atoms with van der Waals surface area (Å²) >= 11 is 0. The van der Waals surface area contributed by atoms with E-state index in [0.29, 0.717) is 18.6 Å². The van der Waals surface area contributed by atoms with E-state index in [0.717, 1.165) is 5.56 Å². The number of benzene rings is 1. The summed E-state index contributed by atoms with van der Waals surface area (Å²) in [5.41, 5.74) is -4.39. The molecule has 120 valence electrons. The van der Waals surface area contributed by atoms with E-state index >= 15 is 0 Å². The summed E-state index contributed by atoms with van der Waals surface area (Å²) in [6.45, 7) is 1.30. The molecule has 1 rings (SSSR count). The van der Waals surface area contributed by atoms with E-state index < -0.39 is 21.7 Å². The maximum absolute atomic E-state index is 12.1. The molecule has 1 atom stereocenters. The second-order valence-electron chi connectivity index (χ2n) is 4.55. The molecule has 0 aliphatic carbocycles. The topological polar surface area (TPSA) is 52.6 Å². The second-order valence-corrected chi connectivity index (χ2v) is 6.11. The first-order chi connectivity index (χ1) is 9.65. The lowest BCUT2D eigenvalue weighted by molar-refractivity contribution is -0.0570. The summed E-state index contributed by atoms with van der Waals surface area (Å²) in [5, 5.41) is 0. The van der Waals surface area contributed by atoms with Crippen molar-refractivity contribution in [1.82, 2.24) is 0 Å². The maximum atomic E-state index is 12.1. The van der Waals surface area contributed by atoms with E-state index in [1.807, 2.05) is 12.1 Å². The lowest BCUT2D eigenvalue weighted by atomic mass is 10.1. The number of rotatable bonds is 7. The Kier molecular flexibility index (Phi) is 6.03. The van der Waals surface area contributed by atoms with Gasteiger partial charge in [0.1, 0.15) is 5.75 Å². The van der Waals surface area contributed by atoms with Gasteiger partial charge < -0.3 is 4.74 Å². The van der Waals surface area contributed by atoms with Crippen molar-refractivity contribution in [2.75, 3.05) is 7.11 Å². The van der Waals surface area contributed by atoms with Gasteiger partial charge in [-0.2, -0.15) is 21.6 Å². The minimum atomic E-state index is -5.52. The van der Waals surface area contributed by atoms with Crippen LogP contribution >= 0.6 is 0 Å². The molecule has 0 saturated heterocycles. The van der Waals surface area contributed by atoms with Crippen molar-refractivity contribution in [2.24, 2.45) is 0 Å². The first-order valence-electron chi connectivity index (χ1n) is 6.28. The largest absolute Gasteiger partial charge is 0.523 e. The molecular formula is C13H17F3O4S. The maximum Gasteiger partial charge on any atom is 0.523 e. The van der Waals surface area contributed by atoms with Crippen LogP contribution in [0.5, 0.6) is 5.75 Å². The van der Waals surface area contributed by atoms with Crippen LogP contribution in [-0.4, -0.2) is 27.1 Å². The fraction of sp³-hybridized carbons (Fsp3) is 0.538. The number of hydrogen-bond acceptors (Lipinski definition) is 4. The summed E-state index contributed by atoms with van der Waals surface area (Å²) in [4.78, 5) is 0. The van der Waals surface area contributed by atoms with Gasteiger partial charge in [-0.25, -0.2) is 0 Å². The molecule has 1 aromatic rings. The fourth-order valence-corrected chi connectivity index (χ4v) is 2.34. The molecule has 4 nitrogen and oxygen atoms in total. The Bertz CT molecular complexity index is 538. The van der Waals surface area contributed by atoms with Gasteiger partial charge in [-0.3, -0.25) is 4.18 Å². The van der Waals surface area contributed by atoms with E-state index in [9.17, 15) is 21.6 Å². The van der Waals surface area contributed by atoms with Gasteiger partial charge in [0, 0.05) is 0 Å². The van der Waals surface area contributed by atoms with Crippen molar-refractivity contribution in [1.29, 1.82) is 0 Å². The van der Waals surface area contributed by atoms with Gasteiger partial charge in [-0.15, -0.1) is 0 Å². The molecule has 0 aliphatic rings. The Morgan fingerprint density at radius 3 is 2.24 bits per heavy atom. The molecule has 0 spiro atoms. The second kappa shape index (κ2) is 7.13. The Balaban J connectivity index is 2.41. The van der Waals surface area contributed by atoms with Crippen molar-refractivity contribution < 1.29 is 30.5 Å². The monoisotopic (exact) mass is 326 g/mol. The smallest absolute Gasteiger partial charge is 0.497 e. The first-order valence-corrected chi connectivity index (χ1v) is 7.69. The number of halogens is 3. The predicted molar refractivity (Wildman–Crippen MR) is 71.5 cm³/mol. The Morgan fingerprint density at radius 1 is 1.19 bits per heavy atom. The normalized spacial score (nSPS) is 14.0. The van der Waals surface area contributed by atoms with Crippen LogP contribution in [0.4, 0.5) is 13.2 Å². The van der Waals surface area contributed by atoms with Crippen molar-refractivity contribution in [3.63, 3.8) is 0 Å². The molecule has 0 saturated carbocycles. The number of ether oxygens (including phenoxy) is 1. The van der Waals surface area contributed by atoms with Crippen molar-refractivity contribution in [3.8, 4) is 5.75 Å². The lowest BCUT2D eigenvalue weighted by Gasteiger charge is -2.14. The molecule has 0 radical (unpaired) electrons. The third-order valence-corrected chi connectivity index (χ3v) is 3.96. The molecule has 0 N–H and O–H groups in total. The van der Waals surface area contributed by atoms with Gasteiger partial charge in [0.05, 0.1) is 13.2 Å². The summed E-state index contributed by atoms with van der Waals surface area (Å²) < 4.78 is 67.1. The highest BCUT2D eigenvalue weighted by atomic mass is 32.2. The Labute approximate surface area is 122 Å². The van der Waals surface area contributed by atoms with Gasteiger partial charge in [0.15, 0.2) is 0 Å². The van der Waals surface area contributed by atoms with Crippen LogP contribution in [0.25, 0.3) is 0 Å². The summed E-state index contributed by atoms with van der Waals surface area (Å²) in [5.74, 6) is 0.715. The fourth-order valence-electron chi connectivity index (χ4n) is 1.70. The summed E-state index contributed by atoms with van der Waals surface area (Å²) in [6.07, 6.45) is 0.321. The highest BCUT2D eigenvalue weighted by molar-refractivity contribution is 7.87. The van der Waals surface area contributed by atoms with E-state index in [2.05, 4.69) is 4.18 Å². The number of hydrogen-bond donors (Lipinski definition) is 0. The Morgan fingerprint density at radius 2 is 1.76 bits per heavy atom. The molecule has 0 fully saturated rings. The molecule has 1 unspecified atom stereocenters. The SMILES string of the molecule is COc1ccc(CCCC(C)OS(=O)(=O)C(F)(F)F)cc1. The standard InChI is InChI=1S/C13H17F3O4S/c1-10(20-21(17,18)13(14,15)16)4-3-5-11-6-8-12(19-2)9-7-11/h6-10H,3-5H2,1-2H3. The van der Waals surface area contributed by atoms with Gasteiger partial charge in [-0.05, 0) is 43.9 Å². The number of alkyl halides is 3. The molecule has 8 heteroatoms. The number of aryl methyl sites for hydroxylation is 1. The van der Waals surface area contributed by atoms with Crippen molar-refractivity contribution >= 4 is 10.1 Å². The van der Waals surface area contributed by atoms with E-state index in [1.54, 1.807) is 19.2 Å². The third-order valence-electron chi connectivity index (χ3n) is 2.81. The molecule has 0 aliphatic heterocycles. The van der Waals surface area contributed by atoms with E-state index in [1.165, 1.54) is 6.92 Å². The van der Waals surface area contributed by atoms with Crippen LogP contribution in [0.15, 0.2) is 24.3 Å². The van der Waals surface area contributed by atoms with Crippen LogP contribution in [-0.2, 0) is 20.7 Å². The molecule has 0 amide bonds. The minimum absolute atomic E-state index is 0.210. The zero-order valence-electron chi connectivity index (χ0n) is 11.7. The average Bonchev–Trinajstić information content (AvgIpc) is 2.37. The van der Waals surface area contributed by atoms with Crippen LogP contribution in [0.2, 0.25) is 0 Å². The predicted octanol–water partition coefficient (Wildman–Crippen LogP) is 3.27. The minimum Gasteiger partial charge on any atom is -0.497 e. The van der Waals surface area contributed by atoms with Crippen molar-refractivity contribution in [3.05, 3.63) is 29.8 Å². The molecule has 1 aromatic carbocycles. The lowest BCUT2D eigenvalue weighted by Crippen LogP contribution is -2.29. The third kappa shape index (κ3) is 5.55. The first kappa shape index (κ1) is 17.8. The van der Waals surface area contributed by atoms with Crippen LogP contribution in [0.3, 0.4) is 0 Å². The van der Waals surface area contributed by atoms with E-state index in [-0.39, 0.29) is 6.42 Å². The summed E-state index contributed by atoms with van der Waals surface area (Å²) in [7, 11) is -3.97. The highest BCUT2D eigenvalue weighted by Crippen LogP contribution is 2.26. The summed E-state index contributed by atoms with van der Waals surface area (Å²) in [6, 6.07) is 7.25. The van der Waals surface area contributed by atoms with Crippen LogP contribution in [0, 0.1) is 0 Å². The molecular weight excluding hydrogens is 309 g/mol. The zero-order valence-corrected chi connectivity index (χ0v) is 12.5. The van der Waals surface area contributed by atoms with Gasteiger partial charge >= 0.3 is 15.6 Å². The Hall–Kier alpha value is -1.28. The van der Waals surface area contributed by atoms with Crippen molar-refractivity contribution in [2.45, 2.75) is 37.8 Å². The van der Waals surface area contributed by atoms with Crippen LogP contribution in [0.1, 0.15) is 25.3 Å².